The molecule has 0 saturated heterocycles. The molecule has 0 radical (unpaired) electrons. The Labute approximate surface area is 174 Å². The molecular weight excluding hydrogens is 445 g/mol. The number of rotatable bonds is 6. The van der Waals surface area contributed by atoms with Gasteiger partial charge in [-0.2, -0.15) is 5.26 Å². The average Bonchev–Trinajstić information content (AvgIpc) is 3.19. The van der Waals surface area contributed by atoms with Gasteiger partial charge in [0.25, 0.3) is 0 Å². The van der Waals surface area contributed by atoms with E-state index in [-0.39, 0.29) is 5.69 Å². The molecule has 1 heterocycles. The molecule has 3 aromatic rings. The van der Waals surface area contributed by atoms with E-state index in [4.69, 9.17) is 9.47 Å². The van der Waals surface area contributed by atoms with E-state index >= 15 is 0 Å². The first-order chi connectivity index (χ1) is 13.5. The van der Waals surface area contributed by atoms with Gasteiger partial charge in [-0.1, -0.05) is 15.9 Å². The lowest BCUT2D eigenvalue weighted by Gasteiger charge is -2.08. The van der Waals surface area contributed by atoms with Crippen molar-refractivity contribution in [2.75, 3.05) is 19.5 Å². The quantitative estimate of drug-likeness (QED) is 0.478. The summed E-state index contributed by atoms with van der Waals surface area (Å²) in [6.45, 7) is 0. The number of hydrogen-bond acceptors (Lipinski definition) is 6. The van der Waals surface area contributed by atoms with Crippen LogP contribution in [0.25, 0.3) is 16.8 Å². The molecule has 142 valence electrons. The number of allylic oxidation sites excluding steroid dienone is 1. The highest BCUT2D eigenvalue weighted by molar-refractivity contribution is 9.10. The van der Waals surface area contributed by atoms with Crippen LogP contribution in [0.4, 0.5) is 10.1 Å². The van der Waals surface area contributed by atoms with Crippen LogP contribution in [0.5, 0.6) is 11.5 Å². The van der Waals surface area contributed by atoms with Gasteiger partial charge >= 0.3 is 0 Å². The molecule has 0 spiro atoms. The Kier molecular flexibility index (Phi) is 6.29. The Morgan fingerprint density at radius 1 is 1.21 bits per heavy atom. The maximum Gasteiger partial charge on any atom is 0.161 e. The van der Waals surface area contributed by atoms with Crippen molar-refractivity contribution in [1.29, 1.82) is 5.26 Å². The second-order valence-electron chi connectivity index (χ2n) is 5.55. The smallest absolute Gasteiger partial charge is 0.161 e. The topological polar surface area (TPSA) is 67.2 Å². The van der Waals surface area contributed by atoms with Crippen molar-refractivity contribution in [3.05, 3.63) is 63.3 Å². The molecule has 0 fully saturated rings. The van der Waals surface area contributed by atoms with Crippen molar-refractivity contribution in [3.8, 4) is 28.8 Å². The third-order valence-corrected chi connectivity index (χ3v) is 5.21. The van der Waals surface area contributed by atoms with E-state index in [0.29, 0.717) is 32.2 Å². The summed E-state index contributed by atoms with van der Waals surface area (Å²) >= 11 is 4.54. The molecule has 0 unspecified atom stereocenters. The Morgan fingerprint density at radius 3 is 2.68 bits per heavy atom. The van der Waals surface area contributed by atoms with E-state index in [1.165, 1.54) is 23.6 Å². The van der Waals surface area contributed by atoms with Crippen LogP contribution in [-0.4, -0.2) is 19.2 Å². The minimum Gasteiger partial charge on any atom is -0.493 e. The van der Waals surface area contributed by atoms with Gasteiger partial charge < -0.3 is 14.8 Å². The molecule has 0 saturated carbocycles. The number of aromatic nitrogens is 1. The summed E-state index contributed by atoms with van der Waals surface area (Å²) in [4.78, 5) is 4.52. The van der Waals surface area contributed by atoms with Crippen molar-refractivity contribution in [2.45, 2.75) is 0 Å². The Hall–Kier alpha value is -2.89. The number of thiazole rings is 1. The predicted octanol–water partition coefficient (Wildman–Crippen LogP) is 5.71. The second-order valence-corrected chi connectivity index (χ2v) is 7.32. The SMILES string of the molecule is COc1ccc(-c2csc(C(C#N)=CNc3ccc(Br)cc3F)n2)cc1OC. The predicted molar refractivity (Wildman–Crippen MR) is 112 cm³/mol. The molecule has 0 aliphatic heterocycles. The fourth-order valence-electron chi connectivity index (χ4n) is 2.42. The highest BCUT2D eigenvalue weighted by Gasteiger charge is 2.12. The van der Waals surface area contributed by atoms with Gasteiger partial charge in [-0.15, -0.1) is 11.3 Å². The normalized spacial score (nSPS) is 11.0. The van der Waals surface area contributed by atoms with Crippen molar-refractivity contribution in [1.82, 2.24) is 4.98 Å². The lowest BCUT2D eigenvalue weighted by Crippen LogP contribution is -1.94. The number of hydrogen-bond donors (Lipinski definition) is 1. The molecule has 1 N–H and O–H groups in total. The van der Waals surface area contributed by atoms with E-state index < -0.39 is 5.82 Å². The lowest BCUT2D eigenvalue weighted by atomic mass is 10.1. The molecule has 0 aliphatic rings. The zero-order valence-corrected chi connectivity index (χ0v) is 17.4. The van der Waals surface area contributed by atoms with Crippen LogP contribution < -0.4 is 14.8 Å². The van der Waals surface area contributed by atoms with E-state index in [9.17, 15) is 9.65 Å². The third kappa shape index (κ3) is 4.32. The molecule has 0 bridgehead atoms. The number of methoxy groups -OCH3 is 2. The first-order valence-electron chi connectivity index (χ1n) is 8.06. The van der Waals surface area contributed by atoms with E-state index in [1.54, 1.807) is 32.4 Å². The number of nitrogens with one attached hydrogen (secondary N) is 1. The zero-order chi connectivity index (χ0) is 20.1. The maximum atomic E-state index is 13.9. The number of anilines is 1. The molecular formula is C20H15BrFN3O2S. The van der Waals surface area contributed by atoms with Gasteiger partial charge in [0.15, 0.2) is 11.5 Å². The van der Waals surface area contributed by atoms with Crippen LogP contribution in [0.2, 0.25) is 0 Å². The molecule has 0 aliphatic carbocycles. The van der Waals surface area contributed by atoms with Crippen LogP contribution in [0, 0.1) is 17.1 Å². The lowest BCUT2D eigenvalue weighted by molar-refractivity contribution is 0.355. The maximum absolute atomic E-state index is 13.9. The van der Waals surface area contributed by atoms with Crippen molar-refractivity contribution in [2.24, 2.45) is 0 Å². The van der Waals surface area contributed by atoms with Crippen LogP contribution in [0.3, 0.4) is 0 Å². The van der Waals surface area contributed by atoms with Crippen LogP contribution in [0.15, 0.2) is 52.5 Å². The van der Waals surface area contributed by atoms with E-state index in [2.05, 4.69) is 32.3 Å². The Bertz CT molecular complexity index is 1080. The Balaban J connectivity index is 1.86. The van der Waals surface area contributed by atoms with Gasteiger partial charge in [0, 0.05) is 21.6 Å². The summed E-state index contributed by atoms with van der Waals surface area (Å²) in [5.41, 5.74) is 2.12. The highest BCUT2D eigenvalue weighted by Crippen LogP contribution is 2.33. The van der Waals surface area contributed by atoms with Crippen molar-refractivity contribution >= 4 is 38.5 Å². The molecule has 28 heavy (non-hydrogen) atoms. The second kappa shape index (κ2) is 8.87. The van der Waals surface area contributed by atoms with Gasteiger partial charge in [-0.05, 0) is 36.4 Å². The number of benzene rings is 2. The molecule has 5 nitrogen and oxygen atoms in total. The largest absolute Gasteiger partial charge is 0.493 e. The summed E-state index contributed by atoms with van der Waals surface area (Å²) in [5, 5.41) is 14.7. The van der Waals surface area contributed by atoms with Gasteiger partial charge in [0.2, 0.25) is 0 Å². The minimum absolute atomic E-state index is 0.271. The van der Waals surface area contributed by atoms with Gasteiger partial charge in [0.05, 0.1) is 25.6 Å². The van der Waals surface area contributed by atoms with Crippen molar-refractivity contribution < 1.29 is 13.9 Å². The standard InChI is InChI=1S/C20H15BrFN3O2S/c1-26-18-6-3-12(7-19(18)27-2)17-11-28-20(25-17)13(9-23)10-24-16-5-4-14(21)8-15(16)22/h3-8,10-11,24H,1-2H3. The minimum atomic E-state index is -0.423. The van der Waals surface area contributed by atoms with E-state index in [1.807, 2.05) is 17.5 Å². The number of ether oxygens (including phenoxy) is 2. The zero-order valence-electron chi connectivity index (χ0n) is 15.0. The van der Waals surface area contributed by atoms with Crippen LogP contribution >= 0.6 is 27.3 Å². The summed E-state index contributed by atoms with van der Waals surface area (Å²) in [6, 6.07) is 12.2. The van der Waals surface area contributed by atoms with E-state index in [0.717, 1.165) is 5.56 Å². The third-order valence-electron chi connectivity index (χ3n) is 3.84. The summed E-state index contributed by atoms with van der Waals surface area (Å²) < 4.78 is 25.1. The average molecular weight is 460 g/mol. The number of nitrogens with zero attached hydrogens (tertiary/aromatic N) is 2. The monoisotopic (exact) mass is 459 g/mol. The summed E-state index contributed by atoms with van der Waals surface area (Å²) in [7, 11) is 3.14. The highest BCUT2D eigenvalue weighted by atomic mass is 79.9. The first-order valence-corrected chi connectivity index (χ1v) is 9.73. The first kappa shape index (κ1) is 19.9. The molecule has 0 amide bonds. The number of halogens is 2. The van der Waals surface area contributed by atoms with Gasteiger partial charge in [-0.25, -0.2) is 9.37 Å². The van der Waals surface area contributed by atoms with Crippen molar-refractivity contribution in [3.63, 3.8) is 0 Å². The molecule has 0 atom stereocenters. The van der Waals surface area contributed by atoms with Gasteiger partial charge in [-0.3, -0.25) is 0 Å². The molecule has 2 aromatic carbocycles. The van der Waals surface area contributed by atoms with Crippen LogP contribution in [0.1, 0.15) is 5.01 Å². The van der Waals surface area contributed by atoms with Gasteiger partial charge in [0.1, 0.15) is 22.5 Å². The molecule has 3 rings (SSSR count). The number of nitriles is 1. The fourth-order valence-corrected chi connectivity index (χ4v) is 3.55. The molecule has 1 aromatic heterocycles. The fraction of sp³-hybridized carbons (Fsp3) is 0.100. The summed E-state index contributed by atoms with van der Waals surface area (Å²) in [6.07, 6.45) is 1.45. The Morgan fingerprint density at radius 2 is 2.00 bits per heavy atom. The molecule has 8 heteroatoms. The van der Waals surface area contributed by atoms with Crippen LogP contribution in [-0.2, 0) is 0 Å². The summed E-state index contributed by atoms with van der Waals surface area (Å²) in [5.74, 6) is 0.797.